The van der Waals surface area contributed by atoms with Crippen LogP contribution in [0.15, 0.2) is 101 Å². The third-order valence-electron chi connectivity index (χ3n) is 5.16. The Hall–Kier alpha value is -3.53. The molecule has 0 bridgehead atoms. The molecule has 1 saturated heterocycles. The molecule has 0 radical (unpaired) electrons. The molecule has 4 heteroatoms. The second kappa shape index (κ2) is 9.79. The maximum atomic E-state index is 12.9. The molecule has 1 amide bonds. The van der Waals surface area contributed by atoms with Crippen molar-refractivity contribution in [3.05, 3.63) is 108 Å². The summed E-state index contributed by atoms with van der Waals surface area (Å²) in [6.45, 7) is 1.92. The van der Waals surface area contributed by atoms with Crippen LogP contribution < -0.4 is 0 Å². The average Bonchev–Trinajstić information content (AvgIpc) is 2.84. The SMILES string of the molecule is O=C(N=C(N=C(c1ccccc1)N1CCCCC1)c1ccccc1)c1ccccc1. The summed E-state index contributed by atoms with van der Waals surface area (Å²) in [5.74, 6) is 1.02. The standard InChI is InChI=1S/C26H25N3O/c30-26(23-17-9-3-10-18-23)28-24(21-13-5-1-6-14-21)27-25(22-15-7-2-8-16-22)29-19-11-4-12-20-29/h1-3,5-10,13-18H,4,11-12,19-20H2. The Morgan fingerprint density at radius 1 is 0.600 bits per heavy atom. The van der Waals surface area contributed by atoms with E-state index in [-0.39, 0.29) is 5.91 Å². The summed E-state index contributed by atoms with van der Waals surface area (Å²) in [6.07, 6.45) is 3.53. The molecule has 1 aliphatic heterocycles. The average molecular weight is 396 g/mol. The molecule has 4 rings (SSSR count). The molecule has 0 aromatic heterocycles. The smallest absolute Gasteiger partial charge is 0.279 e. The fourth-order valence-electron chi connectivity index (χ4n) is 3.59. The number of amides is 1. The quantitative estimate of drug-likeness (QED) is 0.452. The van der Waals surface area contributed by atoms with Crippen LogP contribution in [0, 0.1) is 0 Å². The van der Waals surface area contributed by atoms with Gasteiger partial charge in [-0.1, -0.05) is 78.9 Å². The number of carbonyl (C=O) groups is 1. The Morgan fingerprint density at radius 2 is 1.10 bits per heavy atom. The predicted molar refractivity (Wildman–Crippen MR) is 122 cm³/mol. The lowest BCUT2D eigenvalue weighted by Crippen LogP contribution is -2.37. The van der Waals surface area contributed by atoms with E-state index in [9.17, 15) is 4.79 Å². The van der Waals surface area contributed by atoms with Gasteiger partial charge in [0.2, 0.25) is 0 Å². The highest BCUT2D eigenvalue weighted by molar-refractivity contribution is 6.15. The van der Waals surface area contributed by atoms with Crippen LogP contribution in [0.2, 0.25) is 0 Å². The molecule has 3 aromatic carbocycles. The third kappa shape index (κ3) is 4.90. The van der Waals surface area contributed by atoms with E-state index in [1.165, 1.54) is 6.42 Å². The molecule has 150 valence electrons. The monoisotopic (exact) mass is 395 g/mol. The molecule has 0 aliphatic carbocycles. The Morgan fingerprint density at radius 3 is 1.67 bits per heavy atom. The lowest BCUT2D eigenvalue weighted by atomic mass is 10.1. The van der Waals surface area contributed by atoms with Crippen molar-refractivity contribution in [2.45, 2.75) is 19.3 Å². The van der Waals surface area contributed by atoms with Crippen LogP contribution in [-0.2, 0) is 0 Å². The number of likely N-dealkylation sites (tertiary alicyclic amines) is 1. The van der Waals surface area contributed by atoms with Gasteiger partial charge in [0.15, 0.2) is 5.84 Å². The number of amidine groups is 2. The predicted octanol–water partition coefficient (Wildman–Crippen LogP) is 5.21. The first-order valence-corrected chi connectivity index (χ1v) is 10.4. The highest BCUT2D eigenvalue weighted by Gasteiger charge is 2.18. The zero-order valence-electron chi connectivity index (χ0n) is 16.9. The van der Waals surface area contributed by atoms with E-state index in [2.05, 4.69) is 22.0 Å². The summed E-state index contributed by atoms with van der Waals surface area (Å²) in [6, 6.07) is 29.0. The van der Waals surface area contributed by atoms with Crippen molar-refractivity contribution in [3.8, 4) is 0 Å². The van der Waals surface area contributed by atoms with Crippen molar-refractivity contribution in [3.63, 3.8) is 0 Å². The summed E-state index contributed by atoms with van der Waals surface area (Å²) in [7, 11) is 0. The van der Waals surface area contributed by atoms with Gasteiger partial charge in [-0.05, 0) is 31.4 Å². The molecule has 30 heavy (non-hydrogen) atoms. The molecule has 1 heterocycles. The maximum absolute atomic E-state index is 12.9. The first-order chi connectivity index (χ1) is 14.8. The van der Waals surface area contributed by atoms with Crippen LogP contribution in [-0.4, -0.2) is 35.6 Å². The molecule has 4 nitrogen and oxygen atoms in total. The normalized spacial score (nSPS) is 15.1. The Balaban J connectivity index is 1.80. The number of aliphatic imine (C=N–C) groups is 2. The molecule has 3 aromatic rings. The number of rotatable bonds is 3. The lowest BCUT2D eigenvalue weighted by molar-refractivity contribution is 0.100. The van der Waals surface area contributed by atoms with E-state index in [0.29, 0.717) is 11.4 Å². The van der Waals surface area contributed by atoms with Crippen molar-refractivity contribution < 1.29 is 4.79 Å². The molecule has 0 N–H and O–H groups in total. The summed E-state index contributed by atoms with van der Waals surface area (Å²) in [5.41, 5.74) is 2.42. The minimum absolute atomic E-state index is 0.288. The number of carbonyl (C=O) groups excluding carboxylic acids is 1. The molecule has 0 spiro atoms. The van der Waals surface area contributed by atoms with E-state index < -0.39 is 0 Å². The molecule has 0 unspecified atom stereocenters. The van der Waals surface area contributed by atoms with Crippen molar-refractivity contribution in [1.82, 2.24) is 4.90 Å². The first kappa shape index (κ1) is 19.8. The van der Waals surface area contributed by atoms with E-state index in [0.717, 1.165) is 42.9 Å². The molecule has 0 saturated carbocycles. The second-order valence-corrected chi connectivity index (χ2v) is 7.32. The fourth-order valence-corrected chi connectivity index (χ4v) is 3.59. The van der Waals surface area contributed by atoms with Crippen molar-refractivity contribution in [2.24, 2.45) is 9.98 Å². The Labute approximate surface area is 177 Å². The summed E-state index contributed by atoms with van der Waals surface area (Å²) >= 11 is 0. The molecule has 0 atom stereocenters. The number of piperidine rings is 1. The molecule has 1 aliphatic rings. The third-order valence-corrected chi connectivity index (χ3v) is 5.16. The van der Waals surface area contributed by atoms with Gasteiger partial charge in [-0.3, -0.25) is 4.79 Å². The highest BCUT2D eigenvalue weighted by Crippen LogP contribution is 2.16. The molecular formula is C26H25N3O. The highest BCUT2D eigenvalue weighted by atomic mass is 16.1. The first-order valence-electron chi connectivity index (χ1n) is 10.4. The lowest BCUT2D eigenvalue weighted by Gasteiger charge is -2.30. The zero-order valence-corrected chi connectivity index (χ0v) is 16.9. The Bertz CT molecular complexity index is 1020. The summed E-state index contributed by atoms with van der Waals surface area (Å²) < 4.78 is 0. The van der Waals surface area contributed by atoms with Gasteiger partial charge >= 0.3 is 0 Å². The minimum Gasteiger partial charge on any atom is -0.356 e. The summed E-state index contributed by atoms with van der Waals surface area (Å²) in [4.78, 5) is 24.6. The van der Waals surface area contributed by atoms with E-state index >= 15 is 0 Å². The van der Waals surface area contributed by atoms with Crippen LogP contribution in [0.25, 0.3) is 0 Å². The van der Waals surface area contributed by atoms with Gasteiger partial charge in [-0.25, -0.2) is 4.99 Å². The van der Waals surface area contributed by atoms with Crippen LogP contribution in [0.1, 0.15) is 40.7 Å². The van der Waals surface area contributed by atoms with E-state index in [4.69, 9.17) is 4.99 Å². The van der Waals surface area contributed by atoms with Gasteiger partial charge in [0.1, 0.15) is 5.84 Å². The molecule has 1 fully saturated rings. The topological polar surface area (TPSA) is 45.0 Å². The fraction of sp³-hybridized carbons (Fsp3) is 0.192. The van der Waals surface area contributed by atoms with Crippen LogP contribution in [0.3, 0.4) is 0 Å². The van der Waals surface area contributed by atoms with Gasteiger partial charge in [-0.2, -0.15) is 4.99 Å². The van der Waals surface area contributed by atoms with E-state index in [1.807, 2.05) is 66.7 Å². The van der Waals surface area contributed by atoms with Crippen molar-refractivity contribution in [2.75, 3.05) is 13.1 Å². The van der Waals surface area contributed by atoms with Gasteiger partial charge in [-0.15, -0.1) is 0 Å². The van der Waals surface area contributed by atoms with Gasteiger partial charge in [0.25, 0.3) is 5.91 Å². The largest absolute Gasteiger partial charge is 0.356 e. The van der Waals surface area contributed by atoms with Crippen molar-refractivity contribution in [1.29, 1.82) is 0 Å². The number of benzene rings is 3. The molecular weight excluding hydrogens is 370 g/mol. The van der Waals surface area contributed by atoms with Gasteiger partial charge in [0.05, 0.1) is 0 Å². The van der Waals surface area contributed by atoms with Gasteiger partial charge in [0, 0.05) is 29.8 Å². The van der Waals surface area contributed by atoms with Gasteiger partial charge < -0.3 is 4.90 Å². The number of nitrogens with zero attached hydrogens (tertiary/aromatic N) is 3. The van der Waals surface area contributed by atoms with Crippen molar-refractivity contribution >= 4 is 17.6 Å². The van der Waals surface area contributed by atoms with Crippen LogP contribution in [0.4, 0.5) is 0 Å². The second-order valence-electron chi connectivity index (χ2n) is 7.32. The minimum atomic E-state index is -0.288. The number of hydrogen-bond donors (Lipinski definition) is 0. The zero-order chi connectivity index (χ0) is 20.6. The maximum Gasteiger partial charge on any atom is 0.279 e. The Kier molecular flexibility index (Phi) is 6.45. The summed E-state index contributed by atoms with van der Waals surface area (Å²) in [5, 5.41) is 0. The van der Waals surface area contributed by atoms with Crippen LogP contribution in [0.5, 0.6) is 0 Å². The number of hydrogen-bond acceptors (Lipinski definition) is 1. The van der Waals surface area contributed by atoms with E-state index in [1.54, 1.807) is 12.1 Å². The van der Waals surface area contributed by atoms with Crippen LogP contribution >= 0.6 is 0 Å².